The maximum atomic E-state index is 12.5. The number of ether oxygens (including phenoxy) is 1. The van der Waals surface area contributed by atoms with E-state index in [1.165, 1.54) is 42.8 Å². The number of hydrogen-bond acceptors (Lipinski definition) is 6. The van der Waals surface area contributed by atoms with Crippen LogP contribution in [0, 0.1) is 0 Å². The summed E-state index contributed by atoms with van der Waals surface area (Å²) in [7, 11) is -2.28. The quantitative estimate of drug-likeness (QED) is 0.692. The predicted octanol–water partition coefficient (Wildman–Crippen LogP) is 3.35. The van der Waals surface area contributed by atoms with Crippen LogP contribution in [0.1, 0.15) is 5.69 Å². The summed E-state index contributed by atoms with van der Waals surface area (Å²) in [4.78, 5) is 8.60. The molecule has 0 aliphatic heterocycles. The van der Waals surface area contributed by atoms with E-state index in [0.717, 1.165) is 5.56 Å². The van der Waals surface area contributed by atoms with Crippen LogP contribution in [0.5, 0.6) is 5.75 Å². The third kappa shape index (κ3) is 3.98. The van der Waals surface area contributed by atoms with Crippen molar-refractivity contribution in [3.63, 3.8) is 0 Å². The number of benzene rings is 1. The van der Waals surface area contributed by atoms with E-state index in [4.69, 9.17) is 16.3 Å². The summed E-state index contributed by atoms with van der Waals surface area (Å²) in [6, 6.07) is 6.20. The summed E-state index contributed by atoms with van der Waals surface area (Å²) < 4.78 is 32.6. The maximum absolute atomic E-state index is 12.5. The first kappa shape index (κ1) is 17.8. The molecule has 2 aromatic heterocycles. The Hall–Kier alpha value is -2.00. The summed E-state index contributed by atoms with van der Waals surface area (Å²) in [6.45, 7) is 0.0189. The van der Waals surface area contributed by atoms with E-state index in [1.54, 1.807) is 6.20 Å². The molecule has 1 N–H and O–H groups in total. The topological polar surface area (TPSA) is 81.2 Å². The van der Waals surface area contributed by atoms with Crippen molar-refractivity contribution in [2.45, 2.75) is 11.4 Å². The van der Waals surface area contributed by atoms with Crippen molar-refractivity contribution in [3.05, 3.63) is 58.1 Å². The molecule has 0 aliphatic carbocycles. The number of hydrogen-bond donors (Lipinski definition) is 1. The fourth-order valence-electron chi connectivity index (χ4n) is 2.20. The fraction of sp³-hybridized carbons (Fsp3) is 0.125. The Morgan fingerprint density at radius 2 is 2.04 bits per heavy atom. The molecule has 1 aromatic carbocycles. The molecule has 2 heterocycles. The molecular weight excluding hydrogens is 382 g/mol. The van der Waals surface area contributed by atoms with Crippen molar-refractivity contribution >= 4 is 33.0 Å². The largest absolute Gasteiger partial charge is 0.495 e. The molecule has 0 radical (unpaired) electrons. The Morgan fingerprint density at radius 3 is 2.72 bits per heavy atom. The van der Waals surface area contributed by atoms with Crippen molar-refractivity contribution in [2.75, 3.05) is 7.11 Å². The lowest BCUT2D eigenvalue weighted by Crippen LogP contribution is -2.24. The number of halogens is 1. The molecule has 9 heteroatoms. The highest BCUT2D eigenvalue weighted by molar-refractivity contribution is 7.89. The molecule has 0 fully saturated rings. The molecule has 0 saturated carbocycles. The zero-order valence-corrected chi connectivity index (χ0v) is 15.5. The van der Waals surface area contributed by atoms with E-state index in [1.807, 2.05) is 16.8 Å². The Morgan fingerprint density at radius 1 is 1.24 bits per heavy atom. The van der Waals surface area contributed by atoms with Crippen LogP contribution in [0.2, 0.25) is 5.02 Å². The summed E-state index contributed by atoms with van der Waals surface area (Å²) in [5, 5.41) is 4.09. The van der Waals surface area contributed by atoms with Crippen molar-refractivity contribution in [1.29, 1.82) is 0 Å². The Bertz CT molecular complexity index is 976. The van der Waals surface area contributed by atoms with Gasteiger partial charge in [-0.1, -0.05) is 11.6 Å². The van der Waals surface area contributed by atoms with Gasteiger partial charge >= 0.3 is 0 Å². The van der Waals surface area contributed by atoms with Gasteiger partial charge in [0.2, 0.25) is 10.0 Å². The smallest absolute Gasteiger partial charge is 0.240 e. The summed E-state index contributed by atoms with van der Waals surface area (Å²) in [6.07, 6.45) is 3.11. The molecular formula is C16H14ClN3O3S2. The highest BCUT2D eigenvalue weighted by Gasteiger charge is 2.17. The number of rotatable bonds is 6. The van der Waals surface area contributed by atoms with Gasteiger partial charge in [-0.3, -0.25) is 9.97 Å². The van der Waals surface area contributed by atoms with Gasteiger partial charge in [-0.25, -0.2) is 13.1 Å². The fourth-order valence-corrected chi connectivity index (χ4v) is 4.17. The second-order valence-corrected chi connectivity index (χ2v) is 7.94. The van der Waals surface area contributed by atoms with Gasteiger partial charge in [-0.2, -0.15) is 11.3 Å². The van der Waals surface area contributed by atoms with Crippen LogP contribution in [-0.4, -0.2) is 25.5 Å². The second-order valence-electron chi connectivity index (χ2n) is 4.98. The van der Waals surface area contributed by atoms with E-state index in [2.05, 4.69) is 14.7 Å². The number of nitrogens with zero attached hydrogens (tertiary/aromatic N) is 2. The van der Waals surface area contributed by atoms with Crippen molar-refractivity contribution in [2.24, 2.45) is 0 Å². The van der Waals surface area contributed by atoms with Gasteiger partial charge < -0.3 is 4.74 Å². The lowest BCUT2D eigenvalue weighted by molar-refractivity contribution is 0.414. The van der Waals surface area contributed by atoms with Gasteiger partial charge in [0.05, 0.1) is 35.0 Å². The maximum Gasteiger partial charge on any atom is 0.240 e. The molecule has 0 amide bonds. The number of sulfonamides is 1. The molecule has 0 aliphatic rings. The van der Waals surface area contributed by atoms with Gasteiger partial charge in [0.25, 0.3) is 0 Å². The van der Waals surface area contributed by atoms with Crippen LogP contribution in [0.25, 0.3) is 11.3 Å². The standard InChI is InChI=1S/C16H14ClN3O3S2/c1-23-15-3-2-12(8-13(15)17)25(21,22)20-9-14-16(19-6-5-18-14)11-4-7-24-10-11/h2-8,10,20H,9H2,1H3. The van der Waals surface area contributed by atoms with Crippen LogP contribution >= 0.6 is 22.9 Å². The first-order chi connectivity index (χ1) is 12.0. The minimum Gasteiger partial charge on any atom is -0.495 e. The van der Waals surface area contributed by atoms with Crippen molar-refractivity contribution in [3.8, 4) is 17.0 Å². The first-order valence-electron chi connectivity index (χ1n) is 7.17. The molecule has 0 saturated heterocycles. The normalized spacial score (nSPS) is 11.4. The van der Waals surface area contributed by atoms with Crippen LogP contribution in [-0.2, 0) is 16.6 Å². The van der Waals surface area contributed by atoms with E-state index >= 15 is 0 Å². The zero-order valence-electron chi connectivity index (χ0n) is 13.1. The minimum atomic E-state index is -3.75. The van der Waals surface area contributed by atoms with Gasteiger partial charge in [-0.15, -0.1) is 0 Å². The van der Waals surface area contributed by atoms with Crippen LogP contribution < -0.4 is 9.46 Å². The van der Waals surface area contributed by atoms with Crippen LogP contribution in [0.15, 0.2) is 52.3 Å². The highest BCUT2D eigenvalue weighted by Crippen LogP contribution is 2.27. The zero-order chi connectivity index (χ0) is 17.9. The Kier molecular flexibility index (Phi) is 5.33. The van der Waals surface area contributed by atoms with Gasteiger partial charge in [0.15, 0.2) is 0 Å². The van der Waals surface area contributed by atoms with E-state index in [0.29, 0.717) is 17.1 Å². The predicted molar refractivity (Wildman–Crippen MR) is 97.4 cm³/mol. The lowest BCUT2D eigenvalue weighted by atomic mass is 10.2. The summed E-state index contributed by atoms with van der Waals surface area (Å²) in [5.74, 6) is 0.411. The molecule has 0 bridgehead atoms. The Balaban J connectivity index is 1.83. The number of methoxy groups -OCH3 is 1. The van der Waals surface area contributed by atoms with Crippen molar-refractivity contribution < 1.29 is 13.2 Å². The van der Waals surface area contributed by atoms with Gasteiger partial charge in [0.1, 0.15) is 5.75 Å². The molecule has 6 nitrogen and oxygen atoms in total. The van der Waals surface area contributed by atoms with Crippen LogP contribution in [0.3, 0.4) is 0 Å². The van der Waals surface area contributed by atoms with Crippen LogP contribution in [0.4, 0.5) is 0 Å². The summed E-state index contributed by atoms with van der Waals surface area (Å²) >= 11 is 7.54. The SMILES string of the molecule is COc1ccc(S(=O)(=O)NCc2nccnc2-c2ccsc2)cc1Cl. The second kappa shape index (κ2) is 7.49. The number of aromatic nitrogens is 2. The molecule has 0 atom stereocenters. The number of thiophene rings is 1. The molecule has 0 unspecified atom stereocenters. The molecule has 0 spiro atoms. The van der Waals surface area contributed by atoms with E-state index in [9.17, 15) is 8.42 Å². The molecule has 3 aromatic rings. The molecule has 25 heavy (non-hydrogen) atoms. The minimum absolute atomic E-state index is 0.0189. The first-order valence-corrected chi connectivity index (χ1v) is 9.97. The highest BCUT2D eigenvalue weighted by atomic mass is 35.5. The van der Waals surface area contributed by atoms with Gasteiger partial charge in [-0.05, 0) is 29.6 Å². The monoisotopic (exact) mass is 395 g/mol. The number of nitrogens with one attached hydrogen (secondary N) is 1. The Labute approximate surface area is 154 Å². The third-order valence-electron chi connectivity index (χ3n) is 3.43. The average Bonchev–Trinajstić information content (AvgIpc) is 3.14. The average molecular weight is 396 g/mol. The molecule has 130 valence electrons. The summed E-state index contributed by atoms with van der Waals surface area (Å²) in [5.41, 5.74) is 2.10. The third-order valence-corrected chi connectivity index (χ3v) is 5.81. The molecule has 3 rings (SSSR count). The van der Waals surface area contributed by atoms with E-state index in [-0.39, 0.29) is 16.5 Å². The lowest BCUT2D eigenvalue weighted by Gasteiger charge is -2.10. The van der Waals surface area contributed by atoms with E-state index < -0.39 is 10.0 Å². The van der Waals surface area contributed by atoms with Gasteiger partial charge in [0, 0.05) is 23.3 Å². The van der Waals surface area contributed by atoms with Crippen molar-refractivity contribution in [1.82, 2.24) is 14.7 Å².